The lowest BCUT2D eigenvalue weighted by atomic mass is 9.98. The summed E-state index contributed by atoms with van der Waals surface area (Å²) >= 11 is 0. The molecule has 1 aliphatic rings. The molecule has 2 aromatic carbocycles. The van der Waals surface area contributed by atoms with Crippen molar-refractivity contribution in [1.82, 2.24) is 9.80 Å². The van der Waals surface area contributed by atoms with Crippen LogP contribution in [0.1, 0.15) is 36.0 Å². The molecular formula is C24H31N3O3. The molecule has 2 N–H and O–H groups in total. The average Bonchev–Trinajstić information content (AvgIpc) is 2.76. The first-order chi connectivity index (χ1) is 14.6. The van der Waals surface area contributed by atoms with Crippen LogP contribution in [-0.2, 0) is 4.79 Å². The van der Waals surface area contributed by atoms with Crippen molar-refractivity contribution in [3.05, 3.63) is 54.1 Å². The van der Waals surface area contributed by atoms with Gasteiger partial charge in [-0.3, -0.25) is 9.59 Å². The fourth-order valence-electron chi connectivity index (χ4n) is 3.70. The van der Waals surface area contributed by atoms with Crippen molar-refractivity contribution in [1.29, 1.82) is 0 Å². The molecule has 0 aromatic heterocycles. The molecule has 0 radical (unpaired) electrons. The van der Waals surface area contributed by atoms with Gasteiger partial charge in [-0.05, 0) is 44.0 Å². The molecular weight excluding hydrogens is 378 g/mol. The predicted molar refractivity (Wildman–Crippen MR) is 118 cm³/mol. The molecule has 6 heteroatoms. The lowest BCUT2D eigenvalue weighted by Crippen LogP contribution is -2.47. The van der Waals surface area contributed by atoms with E-state index in [4.69, 9.17) is 10.5 Å². The molecule has 1 saturated heterocycles. The van der Waals surface area contributed by atoms with E-state index in [1.807, 2.05) is 41.3 Å². The molecule has 0 bridgehead atoms. The Bertz CT molecular complexity index is 860. The topological polar surface area (TPSA) is 75.9 Å². The lowest BCUT2D eigenvalue weighted by Gasteiger charge is -2.32. The molecule has 30 heavy (non-hydrogen) atoms. The number of carbonyl (C=O) groups is 2. The number of amides is 2. The Kier molecular flexibility index (Phi) is 7.85. The number of nitrogens with zero attached hydrogens (tertiary/aromatic N) is 2. The molecule has 6 nitrogen and oxygen atoms in total. The maximum atomic E-state index is 12.3. The Morgan fingerprint density at radius 2 is 1.57 bits per heavy atom. The minimum atomic E-state index is -0.453. The number of carbonyl (C=O) groups excluding carboxylic acids is 2. The van der Waals surface area contributed by atoms with Crippen molar-refractivity contribution in [2.75, 3.05) is 39.8 Å². The van der Waals surface area contributed by atoms with Gasteiger partial charge >= 0.3 is 0 Å². The first kappa shape index (κ1) is 21.8. The maximum absolute atomic E-state index is 12.3. The summed E-state index contributed by atoms with van der Waals surface area (Å²) in [6.45, 7) is 4.15. The Hall–Kier alpha value is -2.86. The SMILES string of the molecule is CN1CCN(C(=O)CCCCCOc2ccccc2-c2ccccc2C(N)=O)CC1. The van der Waals surface area contributed by atoms with Crippen LogP contribution in [0.15, 0.2) is 48.5 Å². The number of hydrogen-bond donors (Lipinski definition) is 1. The monoisotopic (exact) mass is 409 g/mol. The van der Waals surface area contributed by atoms with Crippen LogP contribution in [0.3, 0.4) is 0 Å². The van der Waals surface area contributed by atoms with E-state index in [9.17, 15) is 9.59 Å². The van der Waals surface area contributed by atoms with Gasteiger partial charge in [0, 0.05) is 43.7 Å². The first-order valence-corrected chi connectivity index (χ1v) is 10.6. The van der Waals surface area contributed by atoms with E-state index in [0.29, 0.717) is 18.6 Å². The second-order valence-corrected chi connectivity index (χ2v) is 7.75. The minimum Gasteiger partial charge on any atom is -0.493 e. The highest BCUT2D eigenvalue weighted by molar-refractivity contribution is 6.00. The second-order valence-electron chi connectivity index (χ2n) is 7.75. The number of rotatable bonds is 9. The van der Waals surface area contributed by atoms with Crippen molar-refractivity contribution >= 4 is 11.8 Å². The summed E-state index contributed by atoms with van der Waals surface area (Å²) in [5.41, 5.74) is 7.65. The Morgan fingerprint density at radius 1 is 0.900 bits per heavy atom. The molecule has 2 aromatic rings. The van der Waals surface area contributed by atoms with Crippen LogP contribution >= 0.6 is 0 Å². The third-order valence-corrected chi connectivity index (χ3v) is 5.52. The van der Waals surface area contributed by atoms with Gasteiger partial charge in [0.15, 0.2) is 0 Å². The quantitative estimate of drug-likeness (QED) is 0.646. The predicted octanol–water partition coefficient (Wildman–Crippen LogP) is 3.17. The summed E-state index contributed by atoms with van der Waals surface area (Å²) in [4.78, 5) is 28.3. The summed E-state index contributed by atoms with van der Waals surface area (Å²) < 4.78 is 6.01. The number of unbranched alkanes of at least 4 members (excludes halogenated alkanes) is 2. The van der Waals surface area contributed by atoms with Crippen LogP contribution in [0.2, 0.25) is 0 Å². The minimum absolute atomic E-state index is 0.262. The largest absolute Gasteiger partial charge is 0.493 e. The lowest BCUT2D eigenvalue weighted by molar-refractivity contribution is -0.132. The molecule has 0 unspecified atom stereocenters. The number of benzene rings is 2. The summed E-state index contributed by atoms with van der Waals surface area (Å²) in [5.74, 6) is 0.544. The highest BCUT2D eigenvalue weighted by Gasteiger charge is 2.18. The van der Waals surface area contributed by atoms with Gasteiger partial charge in [-0.2, -0.15) is 0 Å². The number of likely N-dealkylation sites (N-methyl/N-ethyl adjacent to an activating group) is 1. The van der Waals surface area contributed by atoms with Gasteiger partial charge in [-0.15, -0.1) is 0 Å². The van der Waals surface area contributed by atoms with Gasteiger partial charge in [-0.25, -0.2) is 0 Å². The molecule has 0 aliphatic carbocycles. The standard InChI is InChI=1S/C24H31N3O3/c1-26-14-16-27(17-15-26)23(28)13-3-2-8-18-30-22-12-7-6-10-20(22)19-9-4-5-11-21(19)24(25)29/h4-7,9-12H,2-3,8,13-18H2,1H3,(H2,25,29). The van der Waals surface area contributed by atoms with Crippen LogP contribution in [0.25, 0.3) is 11.1 Å². The van der Waals surface area contributed by atoms with Crippen LogP contribution in [0.4, 0.5) is 0 Å². The summed E-state index contributed by atoms with van der Waals surface area (Å²) in [7, 11) is 2.09. The van der Waals surface area contributed by atoms with E-state index in [1.54, 1.807) is 12.1 Å². The first-order valence-electron chi connectivity index (χ1n) is 10.6. The zero-order valence-corrected chi connectivity index (χ0v) is 17.7. The molecule has 3 rings (SSSR count). The highest BCUT2D eigenvalue weighted by atomic mass is 16.5. The van der Waals surface area contributed by atoms with Crippen LogP contribution in [0.5, 0.6) is 5.75 Å². The van der Waals surface area contributed by atoms with E-state index >= 15 is 0 Å². The molecule has 0 atom stereocenters. The third-order valence-electron chi connectivity index (χ3n) is 5.52. The van der Waals surface area contributed by atoms with E-state index in [0.717, 1.165) is 62.3 Å². The normalized spacial score (nSPS) is 14.5. The summed E-state index contributed by atoms with van der Waals surface area (Å²) in [5, 5.41) is 0. The second kappa shape index (κ2) is 10.8. The number of para-hydroxylation sites is 1. The highest BCUT2D eigenvalue weighted by Crippen LogP contribution is 2.32. The molecule has 160 valence electrons. The summed E-state index contributed by atoms with van der Waals surface area (Å²) in [6.07, 6.45) is 3.30. The fraction of sp³-hybridized carbons (Fsp3) is 0.417. The van der Waals surface area contributed by atoms with Gasteiger partial charge < -0.3 is 20.3 Å². The van der Waals surface area contributed by atoms with E-state index < -0.39 is 5.91 Å². The van der Waals surface area contributed by atoms with E-state index in [2.05, 4.69) is 11.9 Å². The zero-order valence-electron chi connectivity index (χ0n) is 17.7. The van der Waals surface area contributed by atoms with Gasteiger partial charge in [0.05, 0.1) is 6.61 Å². The van der Waals surface area contributed by atoms with Gasteiger partial charge in [0.2, 0.25) is 11.8 Å². The van der Waals surface area contributed by atoms with Gasteiger partial charge in [-0.1, -0.05) is 36.4 Å². The Labute approximate surface area is 178 Å². The maximum Gasteiger partial charge on any atom is 0.249 e. The molecule has 0 spiro atoms. The van der Waals surface area contributed by atoms with Crippen LogP contribution in [-0.4, -0.2) is 61.4 Å². The van der Waals surface area contributed by atoms with Crippen molar-refractivity contribution in [3.8, 4) is 16.9 Å². The number of primary amides is 1. The average molecular weight is 410 g/mol. The van der Waals surface area contributed by atoms with Crippen LogP contribution in [0, 0.1) is 0 Å². The Morgan fingerprint density at radius 3 is 2.30 bits per heavy atom. The van der Waals surface area contributed by atoms with Crippen molar-refractivity contribution < 1.29 is 14.3 Å². The van der Waals surface area contributed by atoms with Crippen molar-refractivity contribution in [2.24, 2.45) is 5.73 Å². The fourth-order valence-corrected chi connectivity index (χ4v) is 3.70. The van der Waals surface area contributed by atoms with E-state index in [-0.39, 0.29) is 5.91 Å². The molecule has 0 saturated carbocycles. The van der Waals surface area contributed by atoms with Crippen LogP contribution < -0.4 is 10.5 Å². The molecule has 1 heterocycles. The van der Waals surface area contributed by atoms with E-state index in [1.165, 1.54) is 0 Å². The Balaban J connectivity index is 1.46. The van der Waals surface area contributed by atoms with Crippen molar-refractivity contribution in [2.45, 2.75) is 25.7 Å². The number of hydrogen-bond acceptors (Lipinski definition) is 4. The van der Waals surface area contributed by atoms with Gasteiger partial charge in [0.1, 0.15) is 5.75 Å². The molecule has 2 amide bonds. The zero-order chi connectivity index (χ0) is 21.3. The third kappa shape index (κ3) is 5.83. The summed E-state index contributed by atoms with van der Waals surface area (Å²) in [6, 6.07) is 15.0. The van der Waals surface area contributed by atoms with Gasteiger partial charge in [0.25, 0.3) is 0 Å². The molecule has 1 fully saturated rings. The smallest absolute Gasteiger partial charge is 0.249 e. The number of ether oxygens (including phenoxy) is 1. The number of nitrogens with two attached hydrogens (primary N) is 1. The number of piperazine rings is 1. The van der Waals surface area contributed by atoms with Crippen molar-refractivity contribution in [3.63, 3.8) is 0 Å². The molecule has 1 aliphatic heterocycles.